The third-order valence-corrected chi connectivity index (χ3v) is 5.61. The predicted molar refractivity (Wildman–Crippen MR) is 109 cm³/mol. The van der Waals surface area contributed by atoms with E-state index in [1.807, 2.05) is 48.5 Å². The number of nitriles is 1. The third-order valence-electron chi connectivity index (χ3n) is 4.59. The van der Waals surface area contributed by atoms with E-state index in [-0.39, 0.29) is 5.78 Å². The number of fused-ring (bicyclic) bond motifs is 1. The maximum absolute atomic E-state index is 13.4. The first-order valence-electron chi connectivity index (χ1n) is 9.01. The Balaban J connectivity index is 2.06. The summed E-state index contributed by atoms with van der Waals surface area (Å²) in [6.07, 6.45) is -0.265. The maximum Gasteiger partial charge on any atom is 0.408 e. The summed E-state index contributed by atoms with van der Waals surface area (Å²) in [5.41, 5.74) is 1.54. The molecule has 0 saturated heterocycles. The second-order valence-electron chi connectivity index (χ2n) is 7.74. The van der Waals surface area contributed by atoms with Crippen LogP contribution in [-0.2, 0) is 11.2 Å². The third kappa shape index (κ3) is 3.90. The number of thiocyanates is 1. The number of Topliss-reactive ketones (excluding diaryl/α,β-unsaturated/α-hetero) is 1. The molecule has 0 spiro atoms. The zero-order valence-corrected chi connectivity index (χ0v) is 16.9. The van der Waals surface area contributed by atoms with Gasteiger partial charge in [0.15, 0.2) is 5.78 Å². The number of alkyl carbamates (subject to hydrolysis) is 1. The van der Waals surface area contributed by atoms with Crippen molar-refractivity contribution in [1.29, 1.82) is 5.26 Å². The van der Waals surface area contributed by atoms with E-state index in [9.17, 15) is 14.9 Å². The number of hydrogen-bond acceptors (Lipinski definition) is 5. The molecule has 0 aromatic heterocycles. The van der Waals surface area contributed by atoms with E-state index in [1.165, 1.54) is 0 Å². The molecular weight excluding hydrogens is 372 g/mol. The van der Waals surface area contributed by atoms with Crippen LogP contribution >= 0.6 is 11.8 Å². The average molecular weight is 394 g/mol. The summed E-state index contributed by atoms with van der Waals surface area (Å²) in [5, 5.41) is 14.5. The highest BCUT2D eigenvalue weighted by molar-refractivity contribution is 8.05. The number of ether oxygens (including phenoxy) is 1. The van der Waals surface area contributed by atoms with Crippen molar-refractivity contribution in [3.8, 4) is 5.40 Å². The molecule has 5 nitrogen and oxygen atoms in total. The SMILES string of the molecule is CC(C)(C)OC(=O)N[C@@H](c1ccccc1)[C@@]1(SC#N)Cc2ccccc2C1=O. The summed E-state index contributed by atoms with van der Waals surface area (Å²) in [7, 11) is 0. The second-order valence-corrected chi connectivity index (χ2v) is 8.85. The number of carbonyl (C=O) groups is 2. The Hall–Kier alpha value is -2.78. The lowest BCUT2D eigenvalue weighted by atomic mass is 9.88. The number of carbonyl (C=O) groups excluding carboxylic acids is 2. The molecule has 1 aliphatic carbocycles. The van der Waals surface area contributed by atoms with Crippen molar-refractivity contribution in [2.75, 3.05) is 0 Å². The molecule has 2 aromatic rings. The Morgan fingerprint density at radius 1 is 1.18 bits per heavy atom. The zero-order valence-electron chi connectivity index (χ0n) is 16.1. The largest absolute Gasteiger partial charge is 0.444 e. The van der Waals surface area contributed by atoms with Crippen LogP contribution in [0.3, 0.4) is 0 Å². The summed E-state index contributed by atoms with van der Waals surface area (Å²) >= 11 is 0.900. The van der Waals surface area contributed by atoms with Gasteiger partial charge in [0.1, 0.15) is 15.7 Å². The number of rotatable bonds is 4. The predicted octanol–water partition coefficient (Wildman–Crippen LogP) is 4.64. The van der Waals surface area contributed by atoms with Crippen LogP contribution in [0.25, 0.3) is 0 Å². The molecule has 1 aliphatic rings. The Labute approximate surface area is 169 Å². The molecule has 0 bridgehead atoms. The number of thioether (sulfide) groups is 1. The zero-order chi connectivity index (χ0) is 20.4. The summed E-state index contributed by atoms with van der Waals surface area (Å²) in [4.78, 5) is 26.0. The number of ketones is 1. The molecule has 2 atom stereocenters. The van der Waals surface area contributed by atoms with Gasteiger partial charge in [-0.05, 0) is 50.1 Å². The minimum absolute atomic E-state index is 0.153. The lowest BCUT2D eigenvalue weighted by Gasteiger charge is -2.34. The Morgan fingerprint density at radius 2 is 1.82 bits per heavy atom. The highest BCUT2D eigenvalue weighted by Crippen LogP contribution is 2.48. The van der Waals surface area contributed by atoms with Gasteiger partial charge in [-0.1, -0.05) is 54.6 Å². The van der Waals surface area contributed by atoms with Gasteiger partial charge in [-0.25, -0.2) is 4.79 Å². The highest BCUT2D eigenvalue weighted by atomic mass is 32.2. The number of benzene rings is 2. The van der Waals surface area contributed by atoms with Crippen molar-refractivity contribution >= 4 is 23.6 Å². The van der Waals surface area contributed by atoms with Crippen molar-refractivity contribution in [3.05, 3.63) is 71.3 Å². The van der Waals surface area contributed by atoms with Gasteiger partial charge in [-0.3, -0.25) is 4.79 Å². The first-order valence-corrected chi connectivity index (χ1v) is 9.83. The van der Waals surface area contributed by atoms with Crippen molar-refractivity contribution in [3.63, 3.8) is 0 Å². The molecule has 1 amide bonds. The van der Waals surface area contributed by atoms with Crippen LogP contribution in [0.2, 0.25) is 0 Å². The van der Waals surface area contributed by atoms with E-state index in [1.54, 1.807) is 26.8 Å². The maximum atomic E-state index is 13.4. The molecule has 0 unspecified atom stereocenters. The van der Waals surface area contributed by atoms with Gasteiger partial charge >= 0.3 is 6.09 Å². The van der Waals surface area contributed by atoms with Crippen LogP contribution in [0.1, 0.15) is 48.3 Å². The van der Waals surface area contributed by atoms with Crippen molar-refractivity contribution in [1.82, 2.24) is 5.32 Å². The summed E-state index contributed by atoms with van der Waals surface area (Å²) in [6.45, 7) is 5.33. The Bertz CT molecular complexity index is 931. The number of amides is 1. The van der Waals surface area contributed by atoms with Crippen LogP contribution in [0.15, 0.2) is 54.6 Å². The van der Waals surface area contributed by atoms with Crippen LogP contribution in [0, 0.1) is 10.7 Å². The molecule has 3 rings (SSSR count). The molecule has 2 aromatic carbocycles. The quantitative estimate of drug-likeness (QED) is 0.764. The molecule has 6 heteroatoms. The van der Waals surface area contributed by atoms with Gasteiger partial charge in [0.05, 0.1) is 6.04 Å². The number of nitrogens with zero attached hydrogens (tertiary/aromatic N) is 1. The van der Waals surface area contributed by atoms with Gasteiger partial charge in [0.25, 0.3) is 0 Å². The lowest BCUT2D eigenvalue weighted by molar-refractivity contribution is 0.0491. The van der Waals surface area contributed by atoms with Gasteiger partial charge in [-0.2, -0.15) is 5.26 Å². The van der Waals surface area contributed by atoms with Gasteiger partial charge in [-0.15, -0.1) is 0 Å². The van der Waals surface area contributed by atoms with E-state index in [0.29, 0.717) is 12.0 Å². The molecule has 0 heterocycles. The normalized spacial score (nSPS) is 19.4. The summed E-state index contributed by atoms with van der Waals surface area (Å²) in [5.74, 6) is -0.153. The minimum atomic E-state index is -1.16. The van der Waals surface area contributed by atoms with Crippen molar-refractivity contribution in [2.45, 2.75) is 43.6 Å². The molecule has 0 radical (unpaired) electrons. The number of hydrogen-bond donors (Lipinski definition) is 1. The van der Waals surface area contributed by atoms with Crippen LogP contribution in [-0.4, -0.2) is 22.2 Å². The first-order chi connectivity index (χ1) is 13.3. The Morgan fingerprint density at radius 3 is 2.43 bits per heavy atom. The minimum Gasteiger partial charge on any atom is -0.444 e. The first kappa shape index (κ1) is 20.0. The standard InChI is InChI=1S/C22H22N2O3S/c1-21(2,3)27-20(26)24-18(15-9-5-4-6-10-15)22(28-14-23)13-16-11-7-8-12-17(16)19(22)25/h4-12,18H,13H2,1-3H3,(H,24,26)/t18-,22-/m0/s1. The van der Waals surface area contributed by atoms with Gasteiger partial charge in [0, 0.05) is 5.56 Å². The van der Waals surface area contributed by atoms with E-state index in [2.05, 4.69) is 10.7 Å². The van der Waals surface area contributed by atoms with Crippen molar-refractivity contribution in [2.24, 2.45) is 0 Å². The smallest absolute Gasteiger partial charge is 0.408 e. The fraction of sp³-hybridized carbons (Fsp3) is 0.318. The summed E-state index contributed by atoms with van der Waals surface area (Å²) in [6, 6.07) is 15.9. The number of nitrogens with one attached hydrogen (secondary N) is 1. The topological polar surface area (TPSA) is 79.2 Å². The Kier molecular flexibility index (Phi) is 5.48. The lowest BCUT2D eigenvalue weighted by Crippen LogP contribution is -2.49. The summed E-state index contributed by atoms with van der Waals surface area (Å²) < 4.78 is 4.28. The monoisotopic (exact) mass is 394 g/mol. The molecular formula is C22H22N2O3S. The molecule has 0 aliphatic heterocycles. The second kappa shape index (κ2) is 7.69. The van der Waals surface area contributed by atoms with E-state index >= 15 is 0 Å². The fourth-order valence-corrected chi connectivity index (χ4v) is 4.39. The molecule has 144 valence electrons. The molecule has 1 N–H and O–H groups in total. The van der Waals surface area contributed by atoms with Gasteiger partial charge < -0.3 is 10.1 Å². The average Bonchev–Trinajstić information content (AvgIpc) is 2.92. The van der Waals surface area contributed by atoms with Crippen molar-refractivity contribution < 1.29 is 14.3 Å². The highest BCUT2D eigenvalue weighted by Gasteiger charge is 2.53. The molecule has 0 saturated carbocycles. The molecule has 28 heavy (non-hydrogen) atoms. The van der Waals surface area contributed by atoms with Gasteiger partial charge in [0.2, 0.25) is 0 Å². The molecule has 0 fully saturated rings. The van der Waals surface area contributed by atoms with Crippen LogP contribution in [0.5, 0.6) is 0 Å². The fourth-order valence-electron chi connectivity index (χ4n) is 3.48. The van der Waals surface area contributed by atoms with E-state index < -0.39 is 22.5 Å². The van der Waals surface area contributed by atoms with Crippen LogP contribution in [0.4, 0.5) is 4.79 Å². The van der Waals surface area contributed by atoms with E-state index in [4.69, 9.17) is 4.74 Å². The van der Waals surface area contributed by atoms with Crippen LogP contribution < -0.4 is 5.32 Å². The van der Waals surface area contributed by atoms with E-state index in [0.717, 1.165) is 22.9 Å².